The van der Waals surface area contributed by atoms with Gasteiger partial charge in [0.2, 0.25) is 0 Å². The van der Waals surface area contributed by atoms with Gasteiger partial charge in [-0.05, 0) is 30.5 Å². The van der Waals surface area contributed by atoms with Crippen molar-refractivity contribution in [1.82, 2.24) is 0 Å². The van der Waals surface area contributed by atoms with Crippen molar-refractivity contribution < 1.29 is 31.0 Å². The van der Waals surface area contributed by atoms with Crippen molar-refractivity contribution in [2.45, 2.75) is 22.6 Å². The molecule has 0 aromatic heterocycles. The van der Waals surface area contributed by atoms with Crippen LogP contribution in [0, 0.1) is 0 Å². The van der Waals surface area contributed by atoms with E-state index in [1.54, 1.807) is 0 Å². The molecule has 0 aliphatic carbocycles. The molecule has 18 heavy (non-hydrogen) atoms. The highest BCUT2D eigenvalue weighted by Crippen LogP contribution is 2.21. The molecule has 0 fully saturated rings. The lowest BCUT2D eigenvalue weighted by Crippen LogP contribution is -2.07. The summed E-state index contributed by atoms with van der Waals surface area (Å²) in [5, 5.41) is 10.3. The van der Waals surface area contributed by atoms with E-state index >= 15 is 0 Å². The molecule has 2 N–H and O–H groups in total. The molecule has 1 radical (unpaired) electrons. The average Bonchev–Trinajstić information content (AvgIpc) is 2.23. The molecule has 0 aliphatic heterocycles. The first kappa shape index (κ1) is 15.1. The summed E-state index contributed by atoms with van der Waals surface area (Å²) < 4.78 is 61.7. The standard InChI is InChI=1S/C9H11O7S2/c10-5-1-2-7-3-4-8(17(11,12)13)6-9(7)18(14,15)16/h3-4,6H,1-2,5H2,(H,11,12,13)(H,14,15,16). The van der Waals surface area contributed by atoms with E-state index in [9.17, 15) is 21.9 Å². The lowest BCUT2D eigenvalue weighted by atomic mass is 10.1. The van der Waals surface area contributed by atoms with Crippen molar-refractivity contribution in [3.05, 3.63) is 23.8 Å². The molecule has 0 bridgehead atoms. The van der Waals surface area contributed by atoms with Gasteiger partial charge in [-0.3, -0.25) is 9.11 Å². The van der Waals surface area contributed by atoms with Gasteiger partial charge < -0.3 is 0 Å². The largest absolute Gasteiger partial charge is 0.294 e. The molecule has 1 aromatic carbocycles. The Morgan fingerprint density at radius 1 is 1.00 bits per heavy atom. The topological polar surface area (TPSA) is 129 Å². The summed E-state index contributed by atoms with van der Waals surface area (Å²) in [5.41, 5.74) is 0.126. The maximum Gasteiger partial charge on any atom is 0.294 e. The van der Waals surface area contributed by atoms with Crippen molar-refractivity contribution >= 4 is 20.2 Å². The van der Waals surface area contributed by atoms with Gasteiger partial charge in [0.05, 0.1) is 16.4 Å². The van der Waals surface area contributed by atoms with E-state index in [1.807, 2.05) is 0 Å². The summed E-state index contributed by atoms with van der Waals surface area (Å²) in [6.45, 7) is -0.426. The van der Waals surface area contributed by atoms with Gasteiger partial charge in [-0.2, -0.15) is 16.8 Å². The highest BCUT2D eigenvalue weighted by atomic mass is 32.2. The molecule has 1 aromatic rings. The average molecular weight is 295 g/mol. The second-order valence-corrected chi connectivity index (χ2v) is 6.34. The Balaban J connectivity index is 3.40. The molecule has 0 atom stereocenters. The number of hydrogen-bond donors (Lipinski definition) is 2. The Labute approximate surface area is 105 Å². The van der Waals surface area contributed by atoms with Crippen LogP contribution in [0.4, 0.5) is 0 Å². The maximum atomic E-state index is 11.1. The van der Waals surface area contributed by atoms with Gasteiger partial charge in [-0.15, -0.1) is 0 Å². The molecule has 101 valence electrons. The first-order valence-corrected chi connectivity index (χ1v) is 7.70. The van der Waals surface area contributed by atoms with Crippen LogP contribution in [0.5, 0.6) is 0 Å². The van der Waals surface area contributed by atoms with Gasteiger partial charge in [0, 0.05) is 0 Å². The first-order valence-electron chi connectivity index (χ1n) is 4.82. The van der Waals surface area contributed by atoms with Crippen molar-refractivity contribution in [2.24, 2.45) is 0 Å². The van der Waals surface area contributed by atoms with E-state index in [4.69, 9.17) is 9.11 Å². The Bertz CT molecular complexity index is 631. The summed E-state index contributed by atoms with van der Waals surface area (Å²) in [5.74, 6) is 0. The Kier molecular flexibility index (Phi) is 4.46. The molecule has 0 spiro atoms. The van der Waals surface area contributed by atoms with Gasteiger partial charge in [-0.25, -0.2) is 5.11 Å². The molecule has 0 saturated heterocycles. The smallest absolute Gasteiger partial charge is 0.282 e. The minimum Gasteiger partial charge on any atom is -0.282 e. The Morgan fingerprint density at radius 2 is 1.61 bits per heavy atom. The fourth-order valence-electron chi connectivity index (χ4n) is 1.40. The van der Waals surface area contributed by atoms with Gasteiger partial charge >= 0.3 is 0 Å². The second-order valence-electron chi connectivity index (χ2n) is 3.53. The monoisotopic (exact) mass is 295 g/mol. The first-order chi connectivity index (χ1) is 8.16. The van der Waals surface area contributed by atoms with E-state index in [0.717, 1.165) is 12.1 Å². The lowest BCUT2D eigenvalue weighted by molar-refractivity contribution is 0.189. The molecule has 0 unspecified atom stereocenters. The van der Waals surface area contributed by atoms with Gasteiger partial charge in [-0.1, -0.05) is 6.07 Å². The maximum absolute atomic E-state index is 11.1. The van der Waals surface area contributed by atoms with Crippen LogP contribution in [0.1, 0.15) is 12.0 Å². The van der Waals surface area contributed by atoms with Crippen molar-refractivity contribution in [3.63, 3.8) is 0 Å². The Hall–Kier alpha value is -1.00. The zero-order valence-corrected chi connectivity index (χ0v) is 10.7. The van der Waals surface area contributed by atoms with Gasteiger partial charge in [0.15, 0.2) is 0 Å². The summed E-state index contributed by atoms with van der Waals surface area (Å²) in [4.78, 5) is -1.26. The van der Waals surface area contributed by atoms with E-state index in [1.165, 1.54) is 0 Å². The quantitative estimate of drug-likeness (QED) is 0.763. The zero-order valence-electron chi connectivity index (χ0n) is 9.11. The van der Waals surface area contributed by atoms with E-state index in [-0.39, 0.29) is 18.4 Å². The number of rotatable bonds is 5. The third-order valence-electron chi connectivity index (χ3n) is 2.20. The molecule has 0 amide bonds. The minimum absolute atomic E-state index is 0.0877. The van der Waals surface area contributed by atoms with Crippen molar-refractivity contribution in [3.8, 4) is 0 Å². The number of benzene rings is 1. The van der Waals surface area contributed by atoms with E-state index < -0.39 is 36.6 Å². The van der Waals surface area contributed by atoms with E-state index in [2.05, 4.69) is 0 Å². The highest BCUT2D eigenvalue weighted by Gasteiger charge is 2.19. The molecule has 1 rings (SSSR count). The fraction of sp³-hybridized carbons (Fsp3) is 0.333. The van der Waals surface area contributed by atoms with E-state index in [0.29, 0.717) is 6.07 Å². The SMILES string of the molecule is [O]CCCc1ccc(S(=O)(=O)O)cc1S(=O)(=O)O. The zero-order chi connectivity index (χ0) is 14.0. The van der Waals surface area contributed by atoms with Crippen molar-refractivity contribution in [2.75, 3.05) is 6.61 Å². The van der Waals surface area contributed by atoms with Crippen LogP contribution in [0.15, 0.2) is 28.0 Å². The van der Waals surface area contributed by atoms with Gasteiger partial charge in [0.1, 0.15) is 0 Å². The predicted octanol–water partition coefficient (Wildman–Crippen LogP) is 0.543. The number of aryl methyl sites for hydroxylation is 1. The number of hydrogen-bond acceptors (Lipinski definition) is 4. The third-order valence-corrected chi connectivity index (χ3v) is 3.99. The Morgan fingerprint density at radius 3 is 2.06 bits per heavy atom. The summed E-state index contributed by atoms with van der Waals surface area (Å²) in [6, 6.07) is 2.80. The molecular formula is C9H11O7S2. The molecular weight excluding hydrogens is 284 g/mol. The summed E-state index contributed by atoms with van der Waals surface area (Å²) in [7, 11) is -9.18. The molecule has 0 saturated carbocycles. The van der Waals surface area contributed by atoms with Crippen LogP contribution < -0.4 is 0 Å². The van der Waals surface area contributed by atoms with Gasteiger partial charge in [0.25, 0.3) is 20.2 Å². The second kappa shape index (κ2) is 5.33. The molecule has 9 heteroatoms. The third kappa shape index (κ3) is 3.75. The summed E-state index contributed by atoms with van der Waals surface area (Å²) >= 11 is 0. The minimum atomic E-state index is -4.62. The molecule has 0 aliphatic rings. The fourth-order valence-corrected chi connectivity index (χ4v) is 2.76. The normalized spacial score (nSPS) is 12.6. The van der Waals surface area contributed by atoms with Crippen LogP contribution in [-0.2, 0) is 31.8 Å². The molecule has 0 heterocycles. The van der Waals surface area contributed by atoms with Crippen LogP contribution >= 0.6 is 0 Å². The van der Waals surface area contributed by atoms with Crippen LogP contribution in [0.25, 0.3) is 0 Å². The predicted molar refractivity (Wildman–Crippen MR) is 59.9 cm³/mol. The highest BCUT2D eigenvalue weighted by molar-refractivity contribution is 7.86. The van der Waals surface area contributed by atoms with Crippen LogP contribution in [0.3, 0.4) is 0 Å². The van der Waals surface area contributed by atoms with Crippen LogP contribution in [0.2, 0.25) is 0 Å². The lowest BCUT2D eigenvalue weighted by Gasteiger charge is -2.07. The van der Waals surface area contributed by atoms with Crippen LogP contribution in [-0.4, -0.2) is 32.5 Å². The van der Waals surface area contributed by atoms with Crippen molar-refractivity contribution in [1.29, 1.82) is 0 Å². The summed E-state index contributed by atoms with van der Waals surface area (Å²) in [6.07, 6.45) is 0.234. The molecule has 7 nitrogen and oxygen atoms in total.